The summed E-state index contributed by atoms with van der Waals surface area (Å²) >= 11 is 1.36. The van der Waals surface area contributed by atoms with E-state index < -0.39 is 0 Å². The van der Waals surface area contributed by atoms with Crippen LogP contribution in [-0.4, -0.2) is 23.8 Å². The summed E-state index contributed by atoms with van der Waals surface area (Å²) in [6.45, 7) is 7.45. The highest BCUT2D eigenvalue weighted by molar-refractivity contribution is 7.14. The van der Waals surface area contributed by atoms with Gasteiger partial charge >= 0.3 is 0 Å². The number of anilines is 2. The molecular weight excluding hydrogens is 396 g/mol. The first-order valence-electron chi connectivity index (χ1n) is 9.51. The van der Waals surface area contributed by atoms with Crippen LogP contribution >= 0.6 is 11.3 Å². The van der Waals surface area contributed by atoms with Crippen molar-refractivity contribution in [1.29, 1.82) is 0 Å². The summed E-state index contributed by atoms with van der Waals surface area (Å²) in [6.07, 6.45) is 3.14. The molecule has 0 fully saturated rings. The fourth-order valence-corrected chi connectivity index (χ4v) is 3.95. The lowest BCUT2D eigenvalue weighted by Gasteiger charge is -2.21. The Balaban J connectivity index is 1.88. The van der Waals surface area contributed by atoms with Crippen LogP contribution in [0.4, 0.5) is 10.8 Å². The predicted molar refractivity (Wildman–Crippen MR) is 122 cm³/mol. The molecule has 1 heterocycles. The van der Waals surface area contributed by atoms with Crippen molar-refractivity contribution in [3.63, 3.8) is 0 Å². The number of amides is 1. The van der Waals surface area contributed by atoms with Crippen molar-refractivity contribution < 1.29 is 14.3 Å². The van der Waals surface area contributed by atoms with Crippen LogP contribution in [0.2, 0.25) is 0 Å². The molecule has 0 spiro atoms. The van der Waals surface area contributed by atoms with Crippen LogP contribution in [0.15, 0.2) is 47.9 Å². The van der Waals surface area contributed by atoms with Gasteiger partial charge in [0.25, 0.3) is 0 Å². The van der Waals surface area contributed by atoms with Crippen LogP contribution in [0.5, 0.6) is 5.75 Å². The molecule has 0 radical (unpaired) electrons. The van der Waals surface area contributed by atoms with Crippen molar-refractivity contribution in [1.82, 2.24) is 4.98 Å². The van der Waals surface area contributed by atoms with E-state index >= 15 is 0 Å². The zero-order chi connectivity index (χ0) is 21.8. The molecule has 3 aromatic rings. The molecule has 3 rings (SSSR count). The third-order valence-corrected chi connectivity index (χ3v) is 5.70. The normalized spacial score (nSPS) is 11.0. The smallest absolute Gasteiger partial charge is 0.230 e. The van der Waals surface area contributed by atoms with E-state index in [1.54, 1.807) is 30.2 Å². The molecule has 30 heavy (non-hydrogen) atoms. The average Bonchev–Trinajstić information content (AvgIpc) is 3.17. The average molecular weight is 421 g/mol. The van der Waals surface area contributed by atoms with Crippen molar-refractivity contribution >= 4 is 39.9 Å². The monoisotopic (exact) mass is 420 g/mol. The maximum absolute atomic E-state index is 12.6. The number of aromatic nitrogens is 1. The maximum atomic E-state index is 12.6. The molecule has 1 amide bonds. The second-order valence-electron chi connectivity index (χ2n) is 7.03. The highest BCUT2D eigenvalue weighted by atomic mass is 32.1. The highest BCUT2D eigenvalue weighted by Gasteiger charge is 2.20. The van der Waals surface area contributed by atoms with Gasteiger partial charge in [-0.25, -0.2) is 4.98 Å². The number of thiazole rings is 1. The van der Waals surface area contributed by atoms with Crippen molar-refractivity contribution in [2.75, 3.05) is 12.0 Å². The Morgan fingerprint density at radius 2 is 1.90 bits per heavy atom. The largest absolute Gasteiger partial charge is 0.496 e. The molecule has 0 saturated heterocycles. The van der Waals surface area contributed by atoms with E-state index in [0.717, 1.165) is 22.4 Å². The molecule has 0 saturated carbocycles. The van der Waals surface area contributed by atoms with E-state index in [-0.39, 0.29) is 11.7 Å². The summed E-state index contributed by atoms with van der Waals surface area (Å²) in [7, 11) is 1.54. The molecule has 0 aliphatic heterocycles. The molecule has 0 unspecified atom stereocenters. The van der Waals surface area contributed by atoms with E-state index in [2.05, 4.69) is 4.98 Å². The van der Waals surface area contributed by atoms with Crippen LogP contribution in [0.25, 0.3) is 6.08 Å². The van der Waals surface area contributed by atoms with Gasteiger partial charge in [0.05, 0.1) is 24.1 Å². The third kappa shape index (κ3) is 4.49. The van der Waals surface area contributed by atoms with Crippen LogP contribution in [0.1, 0.15) is 39.7 Å². The van der Waals surface area contributed by atoms with Crippen molar-refractivity contribution in [2.24, 2.45) is 0 Å². The van der Waals surface area contributed by atoms with Gasteiger partial charge in [-0.1, -0.05) is 23.8 Å². The van der Waals surface area contributed by atoms with Crippen molar-refractivity contribution in [3.8, 4) is 5.75 Å². The lowest BCUT2D eigenvalue weighted by atomic mass is 10.1. The summed E-state index contributed by atoms with van der Waals surface area (Å²) in [5.41, 5.74) is 5.05. The Morgan fingerprint density at radius 1 is 1.13 bits per heavy atom. The lowest BCUT2D eigenvalue weighted by molar-refractivity contribution is -0.115. The molecule has 0 aliphatic rings. The number of nitrogens with zero attached hydrogens (tertiary/aromatic N) is 2. The number of ketones is 1. The van der Waals surface area contributed by atoms with E-state index in [4.69, 9.17) is 4.74 Å². The zero-order valence-corrected chi connectivity index (χ0v) is 18.5. The van der Waals surface area contributed by atoms with E-state index in [9.17, 15) is 9.59 Å². The third-order valence-electron chi connectivity index (χ3n) is 4.86. The number of carbonyl (C=O) groups excluding carboxylic acids is 2. The van der Waals surface area contributed by atoms with E-state index in [0.29, 0.717) is 22.1 Å². The van der Waals surface area contributed by atoms with Gasteiger partial charge in [0.1, 0.15) is 5.75 Å². The molecule has 0 aliphatic carbocycles. The predicted octanol–water partition coefficient (Wildman–Crippen LogP) is 5.66. The topological polar surface area (TPSA) is 59.5 Å². The SMILES string of the molecule is COc1ccc(C)cc1C(=O)C=Cc1csc(N(C(C)=O)c2cccc(C)c2C)n1. The van der Waals surface area contributed by atoms with Gasteiger partial charge in [-0.05, 0) is 62.2 Å². The number of benzene rings is 2. The number of rotatable bonds is 6. The van der Waals surface area contributed by atoms with Crippen LogP contribution in [-0.2, 0) is 4.79 Å². The maximum Gasteiger partial charge on any atom is 0.230 e. The summed E-state index contributed by atoms with van der Waals surface area (Å²) < 4.78 is 5.29. The summed E-state index contributed by atoms with van der Waals surface area (Å²) in [6, 6.07) is 11.3. The van der Waals surface area contributed by atoms with E-state index in [1.165, 1.54) is 24.3 Å². The van der Waals surface area contributed by atoms with Gasteiger partial charge in [0.15, 0.2) is 10.9 Å². The summed E-state index contributed by atoms with van der Waals surface area (Å²) in [5, 5.41) is 2.39. The fraction of sp³-hybridized carbons (Fsp3) is 0.208. The number of allylic oxidation sites excluding steroid dienone is 1. The number of methoxy groups -OCH3 is 1. The molecular formula is C24H24N2O3S. The zero-order valence-electron chi connectivity index (χ0n) is 17.7. The lowest BCUT2D eigenvalue weighted by Crippen LogP contribution is -2.23. The number of carbonyl (C=O) groups is 2. The molecule has 1 aromatic heterocycles. The Hall–Kier alpha value is -3.25. The van der Waals surface area contributed by atoms with Crippen molar-refractivity contribution in [3.05, 3.63) is 75.8 Å². The minimum absolute atomic E-state index is 0.117. The first-order valence-corrected chi connectivity index (χ1v) is 10.4. The highest BCUT2D eigenvalue weighted by Crippen LogP contribution is 2.32. The van der Waals surface area contributed by atoms with Crippen LogP contribution < -0.4 is 9.64 Å². The fourth-order valence-electron chi connectivity index (χ4n) is 3.11. The Kier molecular flexibility index (Phi) is 6.47. The van der Waals surface area contributed by atoms with Gasteiger partial charge in [-0.2, -0.15) is 0 Å². The Morgan fingerprint density at radius 3 is 2.60 bits per heavy atom. The summed E-state index contributed by atoms with van der Waals surface area (Å²) in [4.78, 5) is 31.2. The second kappa shape index (κ2) is 9.05. The molecule has 154 valence electrons. The molecule has 2 aromatic carbocycles. The van der Waals surface area contributed by atoms with Crippen LogP contribution in [0.3, 0.4) is 0 Å². The van der Waals surface area contributed by atoms with Gasteiger partial charge < -0.3 is 4.74 Å². The Labute approximate surface area is 180 Å². The number of hydrogen-bond donors (Lipinski definition) is 0. The first kappa shape index (κ1) is 21.5. The molecule has 0 N–H and O–H groups in total. The molecule has 0 bridgehead atoms. The van der Waals surface area contributed by atoms with Crippen LogP contribution in [0, 0.1) is 20.8 Å². The molecule has 5 nitrogen and oxygen atoms in total. The quantitative estimate of drug-likeness (QED) is 0.381. The van der Waals surface area contributed by atoms with Gasteiger partial charge in [-0.3, -0.25) is 14.5 Å². The second-order valence-corrected chi connectivity index (χ2v) is 7.87. The van der Waals surface area contributed by atoms with Gasteiger partial charge in [0.2, 0.25) is 5.91 Å². The minimum Gasteiger partial charge on any atom is -0.496 e. The van der Waals surface area contributed by atoms with Crippen molar-refractivity contribution in [2.45, 2.75) is 27.7 Å². The standard InChI is InChI=1S/C24H24N2O3S/c1-15-9-12-23(29-5)20(13-15)22(28)11-10-19-14-30-24(25-19)26(18(4)27)21-8-6-7-16(2)17(21)3/h6-14H,1-5H3. The molecule has 0 atom stereocenters. The number of aryl methyl sites for hydroxylation is 2. The first-order chi connectivity index (χ1) is 14.3. The number of ether oxygens (including phenoxy) is 1. The molecule has 6 heteroatoms. The summed E-state index contributed by atoms with van der Waals surface area (Å²) in [5.74, 6) is 0.254. The minimum atomic E-state index is -0.164. The van der Waals surface area contributed by atoms with E-state index in [1.807, 2.05) is 50.4 Å². The Bertz CT molecular complexity index is 1130. The number of hydrogen-bond acceptors (Lipinski definition) is 5. The van der Waals surface area contributed by atoms with Gasteiger partial charge in [-0.15, -0.1) is 11.3 Å². The van der Waals surface area contributed by atoms with Gasteiger partial charge in [0, 0.05) is 12.3 Å².